The fourth-order valence-corrected chi connectivity index (χ4v) is 4.45. The molecule has 2 saturated heterocycles. The third kappa shape index (κ3) is 3.13. The first kappa shape index (κ1) is 17.6. The minimum absolute atomic E-state index is 0.238. The Morgan fingerprint density at radius 2 is 1.89 bits per heavy atom. The number of hydrogen-bond donors (Lipinski definition) is 2. The summed E-state index contributed by atoms with van der Waals surface area (Å²) in [6.07, 6.45) is 3.77. The van der Waals surface area contributed by atoms with E-state index in [1.807, 2.05) is 12.3 Å². The van der Waals surface area contributed by atoms with Gasteiger partial charge in [-0.2, -0.15) is 0 Å². The molecule has 2 atom stereocenters. The second-order valence-electron chi connectivity index (χ2n) is 8.07. The Labute approximate surface area is 165 Å². The Morgan fingerprint density at radius 1 is 1.04 bits per heavy atom. The lowest BCUT2D eigenvalue weighted by Gasteiger charge is -2.34. The smallest absolute Gasteiger partial charge is 0.225 e. The third-order valence-electron chi connectivity index (χ3n) is 6.10. The van der Waals surface area contributed by atoms with Crippen molar-refractivity contribution in [1.29, 1.82) is 0 Å². The van der Waals surface area contributed by atoms with Gasteiger partial charge in [-0.25, -0.2) is 9.97 Å². The van der Waals surface area contributed by atoms with E-state index in [0.717, 1.165) is 56.2 Å². The van der Waals surface area contributed by atoms with Crippen LogP contribution in [0.25, 0.3) is 22.0 Å². The molecule has 2 aromatic carbocycles. The zero-order valence-corrected chi connectivity index (χ0v) is 16.0. The summed E-state index contributed by atoms with van der Waals surface area (Å²) in [6.45, 7) is 3.45. The second-order valence-corrected chi connectivity index (χ2v) is 8.07. The van der Waals surface area contributed by atoms with E-state index in [1.54, 1.807) is 0 Å². The maximum Gasteiger partial charge on any atom is 0.225 e. The van der Waals surface area contributed by atoms with Crippen molar-refractivity contribution in [1.82, 2.24) is 14.9 Å². The number of rotatable bonds is 3. The molecule has 1 aromatic heterocycles. The number of nitrogens with two attached hydrogens (primary N) is 2. The van der Waals surface area contributed by atoms with E-state index in [0.29, 0.717) is 0 Å². The molecule has 3 aromatic rings. The van der Waals surface area contributed by atoms with Gasteiger partial charge in [-0.1, -0.05) is 36.4 Å². The third-order valence-corrected chi connectivity index (χ3v) is 6.10. The highest BCUT2D eigenvalue weighted by atomic mass is 15.4. The predicted octanol–water partition coefficient (Wildman–Crippen LogP) is 2.19. The largest absolute Gasteiger partial charge is 0.337 e. The SMILES string of the molecule is N[C@@H]1CCN([C@]2(N)CCN(c3nccc(-c4ccc5ccccc5c4)n3)C2)C1. The summed E-state index contributed by atoms with van der Waals surface area (Å²) in [4.78, 5) is 13.9. The van der Waals surface area contributed by atoms with Gasteiger partial charge < -0.3 is 16.4 Å². The van der Waals surface area contributed by atoms with Gasteiger partial charge in [0.2, 0.25) is 5.95 Å². The van der Waals surface area contributed by atoms with Gasteiger partial charge in [-0.15, -0.1) is 0 Å². The van der Waals surface area contributed by atoms with Crippen molar-refractivity contribution in [2.24, 2.45) is 11.5 Å². The van der Waals surface area contributed by atoms with Crippen molar-refractivity contribution in [3.63, 3.8) is 0 Å². The van der Waals surface area contributed by atoms with Crippen LogP contribution in [0.5, 0.6) is 0 Å². The van der Waals surface area contributed by atoms with Crippen molar-refractivity contribution in [3.8, 4) is 11.3 Å². The van der Waals surface area contributed by atoms with E-state index in [9.17, 15) is 0 Å². The Hall–Kier alpha value is -2.54. The topological polar surface area (TPSA) is 84.3 Å². The molecule has 5 rings (SSSR count). The summed E-state index contributed by atoms with van der Waals surface area (Å²) < 4.78 is 0. The predicted molar refractivity (Wildman–Crippen MR) is 113 cm³/mol. The summed E-state index contributed by atoms with van der Waals surface area (Å²) in [5.74, 6) is 0.751. The normalized spacial score (nSPS) is 25.6. The lowest BCUT2D eigenvalue weighted by Crippen LogP contribution is -2.57. The van der Waals surface area contributed by atoms with E-state index in [2.05, 4.69) is 57.2 Å². The average molecular weight is 374 g/mol. The van der Waals surface area contributed by atoms with Gasteiger partial charge in [0.15, 0.2) is 0 Å². The minimum Gasteiger partial charge on any atom is -0.337 e. The van der Waals surface area contributed by atoms with Gasteiger partial charge in [0.25, 0.3) is 0 Å². The quantitative estimate of drug-likeness (QED) is 0.731. The summed E-state index contributed by atoms with van der Waals surface area (Å²) in [7, 11) is 0. The number of aromatic nitrogens is 2. The molecule has 6 nitrogen and oxygen atoms in total. The Balaban J connectivity index is 1.40. The van der Waals surface area contributed by atoms with E-state index >= 15 is 0 Å². The molecule has 2 aliphatic heterocycles. The molecule has 4 N–H and O–H groups in total. The molecule has 28 heavy (non-hydrogen) atoms. The highest BCUT2D eigenvalue weighted by Crippen LogP contribution is 2.30. The van der Waals surface area contributed by atoms with Gasteiger partial charge in [0, 0.05) is 37.4 Å². The highest BCUT2D eigenvalue weighted by Gasteiger charge is 2.42. The Bertz CT molecular complexity index is 1000. The van der Waals surface area contributed by atoms with Crippen LogP contribution in [-0.4, -0.2) is 52.8 Å². The lowest BCUT2D eigenvalue weighted by atomic mass is 10.1. The molecule has 6 heteroatoms. The number of likely N-dealkylation sites (tertiary alicyclic amines) is 1. The van der Waals surface area contributed by atoms with Crippen molar-refractivity contribution < 1.29 is 0 Å². The van der Waals surface area contributed by atoms with Crippen LogP contribution in [0.3, 0.4) is 0 Å². The molecule has 0 bridgehead atoms. The van der Waals surface area contributed by atoms with Crippen LogP contribution < -0.4 is 16.4 Å². The van der Waals surface area contributed by atoms with Crippen LogP contribution in [0.1, 0.15) is 12.8 Å². The monoisotopic (exact) mass is 374 g/mol. The van der Waals surface area contributed by atoms with E-state index in [4.69, 9.17) is 16.5 Å². The summed E-state index contributed by atoms with van der Waals surface area (Å²) >= 11 is 0. The molecule has 0 aliphatic carbocycles. The number of anilines is 1. The molecule has 2 aliphatic rings. The molecule has 3 heterocycles. The van der Waals surface area contributed by atoms with Crippen molar-refractivity contribution in [2.75, 3.05) is 31.1 Å². The number of fused-ring (bicyclic) bond motifs is 1. The molecule has 0 spiro atoms. The fourth-order valence-electron chi connectivity index (χ4n) is 4.45. The number of benzene rings is 2. The van der Waals surface area contributed by atoms with Crippen LogP contribution in [0.2, 0.25) is 0 Å². The van der Waals surface area contributed by atoms with Crippen LogP contribution in [0, 0.1) is 0 Å². The summed E-state index contributed by atoms with van der Waals surface area (Å²) in [5.41, 5.74) is 14.5. The van der Waals surface area contributed by atoms with E-state index in [-0.39, 0.29) is 11.7 Å². The standard InChI is InChI=1S/C22H26N6/c23-19-8-11-28(14-19)22(24)9-12-27(15-22)21-25-10-7-20(26-21)18-6-5-16-3-1-2-4-17(16)13-18/h1-7,10,13,19H,8-9,11-12,14-15,23-24H2/t19-,22-/m1/s1. The maximum atomic E-state index is 6.74. The average Bonchev–Trinajstić information content (AvgIpc) is 3.35. The van der Waals surface area contributed by atoms with Crippen molar-refractivity contribution in [2.45, 2.75) is 24.5 Å². The van der Waals surface area contributed by atoms with Crippen LogP contribution in [-0.2, 0) is 0 Å². The van der Waals surface area contributed by atoms with Gasteiger partial charge in [-0.3, -0.25) is 4.90 Å². The molecular formula is C22H26N6. The molecule has 0 unspecified atom stereocenters. The lowest BCUT2D eigenvalue weighted by molar-refractivity contribution is 0.142. The zero-order chi connectivity index (χ0) is 19.1. The van der Waals surface area contributed by atoms with Crippen LogP contribution in [0.4, 0.5) is 5.95 Å². The molecular weight excluding hydrogens is 348 g/mol. The molecule has 0 radical (unpaired) electrons. The van der Waals surface area contributed by atoms with Crippen LogP contribution in [0.15, 0.2) is 54.7 Å². The zero-order valence-electron chi connectivity index (χ0n) is 16.0. The van der Waals surface area contributed by atoms with Gasteiger partial charge >= 0.3 is 0 Å². The molecule has 0 amide bonds. The Morgan fingerprint density at radius 3 is 2.71 bits per heavy atom. The molecule has 144 valence electrons. The fraction of sp³-hybridized carbons (Fsp3) is 0.364. The highest BCUT2D eigenvalue weighted by molar-refractivity contribution is 5.86. The summed E-state index contributed by atoms with van der Waals surface area (Å²) in [6, 6.07) is 17.0. The Kier molecular flexibility index (Phi) is 4.27. The van der Waals surface area contributed by atoms with E-state index < -0.39 is 0 Å². The van der Waals surface area contributed by atoms with Gasteiger partial charge in [0.05, 0.1) is 17.9 Å². The van der Waals surface area contributed by atoms with Gasteiger partial charge in [0.1, 0.15) is 0 Å². The van der Waals surface area contributed by atoms with Crippen molar-refractivity contribution >= 4 is 16.7 Å². The van der Waals surface area contributed by atoms with Crippen molar-refractivity contribution in [3.05, 3.63) is 54.7 Å². The second kappa shape index (κ2) is 6.81. The maximum absolute atomic E-state index is 6.74. The first-order valence-electron chi connectivity index (χ1n) is 9.97. The minimum atomic E-state index is -0.337. The number of nitrogens with zero attached hydrogens (tertiary/aromatic N) is 4. The van der Waals surface area contributed by atoms with Gasteiger partial charge in [-0.05, 0) is 35.7 Å². The van der Waals surface area contributed by atoms with Crippen LogP contribution >= 0.6 is 0 Å². The first-order valence-corrected chi connectivity index (χ1v) is 9.97. The number of hydrogen-bond acceptors (Lipinski definition) is 6. The first-order chi connectivity index (χ1) is 13.6. The van der Waals surface area contributed by atoms with E-state index in [1.165, 1.54) is 10.8 Å². The molecule has 0 saturated carbocycles. The molecule has 2 fully saturated rings. The summed E-state index contributed by atoms with van der Waals surface area (Å²) in [5, 5.41) is 2.45.